The smallest absolute Gasteiger partial charge is 0.322 e. The lowest BCUT2D eigenvalue weighted by atomic mass is 10.1. The number of ether oxygens (including phenoxy) is 1. The largest absolute Gasteiger partial charge is 0.372 e. The lowest BCUT2D eigenvalue weighted by Gasteiger charge is -2.35. The first-order valence-corrected chi connectivity index (χ1v) is 10.6. The number of para-hydroxylation sites is 1. The summed E-state index contributed by atoms with van der Waals surface area (Å²) in [5.41, 5.74) is 3.81. The second-order valence-electron chi connectivity index (χ2n) is 8.37. The Morgan fingerprint density at radius 2 is 1.67 bits per heavy atom. The first-order chi connectivity index (χ1) is 14.4. The van der Waals surface area contributed by atoms with Crippen LogP contribution < -0.4 is 10.2 Å². The highest BCUT2D eigenvalue weighted by atomic mass is 16.5. The average molecular weight is 408 g/mol. The van der Waals surface area contributed by atoms with Crippen LogP contribution in [0.25, 0.3) is 0 Å². The highest BCUT2D eigenvalue weighted by Crippen LogP contribution is 2.31. The highest BCUT2D eigenvalue weighted by Gasteiger charge is 2.30. The van der Waals surface area contributed by atoms with Gasteiger partial charge in [-0.05, 0) is 56.5 Å². The average Bonchev–Trinajstić information content (AvgIpc) is 3.07. The minimum atomic E-state index is -0.0936. The molecule has 0 radical (unpaired) electrons. The Morgan fingerprint density at radius 1 is 1.00 bits per heavy atom. The molecular weight excluding hydrogens is 378 g/mol. The Labute approximate surface area is 177 Å². The number of rotatable bonds is 3. The van der Waals surface area contributed by atoms with Crippen LogP contribution in [-0.2, 0) is 17.7 Å². The summed E-state index contributed by atoms with van der Waals surface area (Å²) in [6.45, 7) is 7.67. The summed E-state index contributed by atoms with van der Waals surface area (Å²) in [7, 11) is 0. The molecule has 2 heterocycles. The Morgan fingerprint density at radius 3 is 2.37 bits per heavy atom. The Bertz CT molecular complexity index is 918. The summed E-state index contributed by atoms with van der Waals surface area (Å²) in [5.74, 6) is 0.0232. The molecule has 158 valence electrons. The molecule has 2 aliphatic rings. The number of fused-ring (bicyclic) bond motifs is 1. The normalized spacial score (nSPS) is 23.2. The molecule has 4 rings (SSSR count). The van der Waals surface area contributed by atoms with Crippen molar-refractivity contribution >= 4 is 17.6 Å². The van der Waals surface area contributed by atoms with Gasteiger partial charge in [0, 0.05) is 36.9 Å². The van der Waals surface area contributed by atoms with E-state index in [4.69, 9.17) is 4.74 Å². The quantitative estimate of drug-likeness (QED) is 0.846. The fraction of sp³-hybridized carbons (Fsp3) is 0.417. The molecule has 0 bridgehead atoms. The van der Waals surface area contributed by atoms with Crippen molar-refractivity contribution in [2.75, 3.05) is 18.0 Å². The fourth-order valence-electron chi connectivity index (χ4n) is 4.43. The van der Waals surface area contributed by atoms with Crippen molar-refractivity contribution in [3.63, 3.8) is 0 Å². The molecule has 3 atom stereocenters. The summed E-state index contributed by atoms with van der Waals surface area (Å²) in [6.07, 6.45) is 0.967. The second-order valence-corrected chi connectivity index (χ2v) is 8.37. The number of nitrogens with zero attached hydrogens (tertiary/aromatic N) is 2. The molecule has 2 aromatic rings. The zero-order valence-electron chi connectivity index (χ0n) is 17.8. The van der Waals surface area contributed by atoms with E-state index in [-0.39, 0.29) is 30.2 Å². The number of carbonyl (C=O) groups is 2. The van der Waals surface area contributed by atoms with Crippen molar-refractivity contribution in [3.05, 3.63) is 65.2 Å². The summed E-state index contributed by atoms with van der Waals surface area (Å²) >= 11 is 0. The molecule has 1 saturated heterocycles. The number of morpholine rings is 1. The lowest BCUT2D eigenvalue weighted by Crippen LogP contribution is -2.48. The zero-order chi connectivity index (χ0) is 21.3. The van der Waals surface area contributed by atoms with E-state index in [9.17, 15) is 9.59 Å². The molecule has 0 aliphatic carbocycles. The van der Waals surface area contributed by atoms with Crippen LogP contribution in [0, 0.1) is 0 Å². The van der Waals surface area contributed by atoms with Gasteiger partial charge in [0.15, 0.2) is 0 Å². The molecule has 2 aliphatic heterocycles. The van der Waals surface area contributed by atoms with Crippen LogP contribution in [0.3, 0.4) is 0 Å². The maximum atomic E-state index is 12.8. The van der Waals surface area contributed by atoms with Gasteiger partial charge in [0.25, 0.3) is 5.91 Å². The molecule has 0 saturated carbocycles. The molecule has 2 aromatic carbocycles. The van der Waals surface area contributed by atoms with Crippen LogP contribution in [0.5, 0.6) is 0 Å². The van der Waals surface area contributed by atoms with Crippen LogP contribution in [0.4, 0.5) is 10.5 Å². The van der Waals surface area contributed by atoms with Crippen molar-refractivity contribution < 1.29 is 14.3 Å². The van der Waals surface area contributed by atoms with Gasteiger partial charge in [-0.15, -0.1) is 0 Å². The molecule has 0 unspecified atom stereocenters. The van der Waals surface area contributed by atoms with E-state index in [0.29, 0.717) is 25.2 Å². The molecular formula is C24H29N3O3. The van der Waals surface area contributed by atoms with Crippen LogP contribution >= 0.6 is 0 Å². The van der Waals surface area contributed by atoms with Gasteiger partial charge in [-0.25, -0.2) is 4.79 Å². The monoisotopic (exact) mass is 407 g/mol. The molecule has 6 heteroatoms. The van der Waals surface area contributed by atoms with Gasteiger partial charge < -0.3 is 15.0 Å². The molecule has 30 heavy (non-hydrogen) atoms. The Hall–Kier alpha value is -2.86. The lowest BCUT2D eigenvalue weighted by molar-refractivity contribution is -0.0586. The number of hydrogen-bond acceptors (Lipinski definition) is 3. The van der Waals surface area contributed by atoms with Gasteiger partial charge in [-0.2, -0.15) is 0 Å². The van der Waals surface area contributed by atoms with Crippen LogP contribution in [0.1, 0.15) is 42.3 Å². The maximum absolute atomic E-state index is 12.8. The first kappa shape index (κ1) is 20.4. The van der Waals surface area contributed by atoms with Crippen molar-refractivity contribution in [1.82, 2.24) is 10.2 Å². The van der Waals surface area contributed by atoms with E-state index >= 15 is 0 Å². The number of hydrogen-bond donors (Lipinski definition) is 1. The highest BCUT2D eigenvalue weighted by molar-refractivity contribution is 5.95. The molecule has 0 aromatic heterocycles. The maximum Gasteiger partial charge on any atom is 0.322 e. The number of amides is 3. The number of anilines is 1. The molecule has 0 spiro atoms. The van der Waals surface area contributed by atoms with Crippen molar-refractivity contribution in [3.8, 4) is 0 Å². The minimum absolute atomic E-state index is 0.0232. The fourth-order valence-corrected chi connectivity index (χ4v) is 4.43. The van der Waals surface area contributed by atoms with Crippen LogP contribution in [0.2, 0.25) is 0 Å². The summed E-state index contributed by atoms with van der Waals surface area (Å²) < 4.78 is 5.71. The molecule has 1 fully saturated rings. The van der Waals surface area contributed by atoms with E-state index in [0.717, 1.165) is 17.7 Å². The summed E-state index contributed by atoms with van der Waals surface area (Å²) in [6, 6.07) is 15.6. The van der Waals surface area contributed by atoms with E-state index in [1.807, 2.05) is 66.1 Å². The first-order valence-electron chi connectivity index (χ1n) is 10.6. The van der Waals surface area contributed by atoms with E-state index < -0.39 is 0 Å². The van der Waals surface area contributed by atoms with Gasteiger partial charge in [0.1, 0.15) is 0 Å². The second kappa shape index (κ2) is 8.48. The number of carbonyl (C=O) groups excluding carboxylic acids is 2. The summed E-state index contributed by atoms with van der Waals surface area (Å²) in [5, 5.41) is 3.01. The topological polar surface area (TPSA) is 61.9 Å². The van der Waals surface area contributed by atoms with Crippen LogP contribution in [-0.4, -0.2) is 48.2 Å². The van der Waals surface area contributed by atoms with Gasteiger partial charge in [0.05, 0.1) is 12.2 Å². The number of nitrogens with one attached hydrogen (secondary N) is 1. The van der Waals surface area contributed by atoms with Gasteiger partial charge >= 0.3 is 6.03 Å². The minimum Gasteiger partial charge on any atom is -0.372 e. The predicted molar refractivity (Wildman–Crippen MR) is 117 cm³/mol. The predicted octanol–water partition coefficient (Wildman–Crippen LogP) is 3.60. The van der Waals surface area contributed by atoms with Gasteiger partial charge in [-0.3, -0.25) is 9.69 Å². The third kappa shape index (κ3) is 4.19. The van der Waals surface area contributed by atoms with Crippen molar-refractivity contribution in [2.24, 2.45) is 0 Å². The molecule has 3 amide bonds. The molecule has 6 nitrogen and oxygen atoms in total. The number of benzene rings is 2. The van der Waals surface area contributed by atoms with E-state index in [1.165, 1.54) is 5.56 Å². The van der Waals surface area contributed by atoms with Gasteiger partial charge in [-0.1, -0.05) is 30.3 Å². The standard InChI is InChI=1S/C24H29N3O3/c1-16-12-21-6-4-5-7-22(21)27(16)24(29)25-13-19-8-10-20(11-9-19)23(28)26-14-17(2)30-18(3)15-26/h4-11,16-18H,12-15H2,1-3H3,(H,25,29)/t16-,17-,18+/m1/s1. The number of urea groups is 1. The van der Waals surface area contributed by atoms with Crippen molar-refractivity contribution in [2.45, 2.75) is 52.0 Å². The van der Waals surface area contributed by atoms with E-state index in [2.05, 4.69) is 18.3 Å². The Kier molecular flexibility index (Phi) is 5.77. The SMILES string of the molecule is C[C@@H]1CN(C(=O)c2ccc(CNC(=O)N3c4ccccc4C[C@H]3C)cc2)C[C@H](C)O1. The Balaban J connectivity index is 1.36. The van der Waals surface area contributed by atoms with Crippen molar-refractivity contribution in [1.29, 1.82) is 0 Å². The van der Waals surface area contributed by atoms with Crippen LogP contribution in [0.15, 0.2) is 48.5 Å². The van der Waals surface area contributed by atoms with Gasteiger partial charge in [0.2, 0.25) is 0 Å². The summed E-state index contributed by atoms with van der Waals surface area (Å²) in [4.78, 5) is 29.2. The van der Waals surface area contributed by atoms with E-state index in [1.54, 1.807) is 0 Å². The zero-order valence-corrected chi connectivity index (χ0v) is 17.8. The molecule has 1 N–H and O–H groups in total. The third-order valence-electron chi connectivity index (χ3n) is 5.78. The third-order valence-corrected chi connectivity index (χ3v) is 5.78.